The van der Waals surface area contributed by atoms with E-state index in [9.17, 15) is 27.8 Å². The third-order valence-corrected chi connectivity index (χ3v) is 6.23. The summed E-state index contributed by atoms with van der Waals surface area (Å²) in [4.78, 5) is 12.9. The predicted molar refractivity (Wildman–Crippen MR) is 106 cm³/mol. The Bertz CT molecular complexity index is 1090. The van der Waals surface area contributed by atoms with Crippen LogP contribution in [0, 0.1) is 5.82 Å². The van der Waals surface area contributed by atoms with Gasteiger partial charge in [0.2, 0.25) is 5.95 Å². The molecule has 3 N–H and O–H groups in total. The first kappa shape index (κ1) is 21.8. The van der Waals surface area contributed by atoms with Gasteiger partial charge in [-0.15, -0.1) is 11.3 Å². The summed E-state index contributed by atoms with van der Waals surface area (Å²) in [6, 6.07) is 1.69. The van der Waals surface area contributed by atoms with Crippen LogP contribution in [0.2, 0.25) is 0 Å². The zero-order chi connectivity index (χ0) is 22.3. The quantitative estimate of drug-likeness (QED) is 0.505. The number of aliphatic hydroxyl groups is 2. The lowest BCUT2D eigenvalue weighted by Crippen LogP contribution is -2.28. The minimum absolute atomic E-state index is 0.00965. The maximum absolute atomic E-state index is 13.5. The maximum atomic E-state index is 13.5. The average molecular weight is 457 g/mol. The van der Waals surface area contributed by atoms with Crippen molar-refractivity contribution in [3.8, 4) is 0 Å². The van der Waals surface area contributed by atoms with Crippen LogP contribution in [0.15, 0.2) is 24.5 Å². The second kappa shape index (κ2) is 8.26. The Morgan fingerprint density at radius 2 is 2.03 bits per heavy atom. The first-order valence-electron chi connectivity index (χ1n) is 9.47. The molecule has 7 nitrogen and oxygen atoms in total. The number of β-amino-alcohol motifs (C(OH)–C–C–N with tert-alkyl or cyclic N) is 1. The Balaban J connectivity index is 1.73. The van der Waals surface area contributed by atoms with E-state index >= 15 is 0 Å². The summed E-state index contributed by atoms with van der Waals surface area (Å²) in [7, 11) is 0. The highest BCUT2D eigenvalue weighted by Crippen LogP contribution is 2.40. The zero-order valence-electron chi connectivity index (χ0n) is 16.3. The molecule has 166 valence electrons. The van der Waals surface area contributed by atoms with Gasteiger partial charge in [0.05, 0.1) is 28.6 Å². The Morgan fingerprint density at radius 3 is 2.68 bits per heavy atom. The summed E-state index contributed by atoms with van der Waals surface area (Å²) in [5.74, 6) is -0.538. The van der Waals surface area contributed by atoms with Gasteiger partial charge in [-0.1, -0.05) is 0 Å². The Morgan fingerprint density at radius 1 is 1.26 bits per heavy atom. The van der Waals surface area contributed by atoms with Crippen LogP contribution >= 0.6 is 11.3 Å². The molecule has 4 heterocycles. The molecule has 0 aliphatic carbocycles. The highest BCUT2D eigenvalue weighted by Gasteiger charge is 2.35. The summed E-state index contributed by atoms with van der Waals surface area (Å²) in [6.07, 6.45) is -3.55. The molecule has 0 spiro atoms. The lowest BCUT2D eigenvalue weighted by Gasteiger charge is -2.23. The number of halogens is 4. The van der Waals surface area contributed by atoms with Gasteiger partial charge in [0.25, 0.3) is 0 Å². The molecule has 0 aromatic carbocycles. The summed E-state index contributed by atoms with van der Waals surface area (Å²) in [5, 5.41) is 23.5. The number of nitrogens with one attached hydrogen (secondary N) is 1. The topological polar surface area (TPSA) is 94.4 Å². The van der Waals surface area contributed by atoms with E-state index in [1.165, 1.54) is 12.3 Å². The predicted octanol–water partition coefficient (Wildman–Crippen LogP) is 3.47. The molecule has 31 heavy (non-hydrogen) atoms. The lowest BCUT2D eigenvalue weighted by molar-refractivity contribution is -0.134. The number of rotatable bonds is 5. The standard InChI is InChI=1S/C19H19F4N5O2S/c1-9(10-4-11(20)7-24-6-10)25-18-26-13-5-14(19(21,22)23)31-16(13)15(27-18)17(30)28-3-2-12(29)8-28/h4-7,9,12,17,29-30H,2-3,8H2,1H3,(H,25,26,27)/t9?,12-,17?/m0/s1. The van der Waals surface area contributed by atoms with E-state index in [4.69, 9.17) is 0 Å². The Hall–Kier alpha value is -2.41. The van der Waals surface area contributed by atoms with Gasteiger partial charge in [0, 0.05) is 19.3 Å². The van der Waals surface area contributed by atoms with Crippen molar-refractivity contribution in [2.45, 2.75) is 37.9 Å². The Kier molecular flexibility index (Phi) is 5.81. The fraction of sp³-hybridized carbons (Fsp3) is 0.421. The van der Waals surface area contributed by atoms with Gasteiger partial charge in [0.15, 0.2) is 6.23 Å². The van der Waals surface area contributed by atoms with Crippen molar-refractivity contribution in [3.05, 3.63) is 46.5 Å². The molecule has 1 aliphatic rings. The van der Waals surface area contributed by atoms with Crippen LogP contribution in [-0.2, 0) is 6.18 Å². The number of aliphatic hydroxyl groups excluding tert-OH is 2. The van der Waals surface area contributed by atoms with Crippen molar-refractivity contribution in [3.63, 3.8) is 0 Å². The van der Waals surface area contributed by atoms with Crippen LogP contribution in [0.1, 0.15) is 41.7 Å². The second-order valence-corrected chi connectivity index (χ2v) is 8.42. The largest absolute Gasteiger partial charge is 0.425 e. The van der Waals surface area contributed by atoms with Crippen molar-refractivity contribution in [1.82, 2.24) is 19.9 Å². The van der Waals surface area contributed by atoms with Crippen molar-refractivity contribution < 1.29 is 27.8 Å². The molecule has 0 amide bonds. The van der Waals surface area contributed by atoms with Crippen molar-refractivity contribution in [1.29, 1.82) is 0 Å². The van der Waals surface area contributed by atoms with E-state index in [-0.39, 0.29) is 28.4 Å². The minimum Gasteiger partial charge on any atom is -0.392 e. The number of aromatic nitrogens is 3. The van der Waals surface area contributed by atoms with E-state index in [1.807, 2.05) is 0 Å². The van der Waals surface area contributed by atoms with Crippen molar-refractivity contribution in [2.75, 3.05) is 18.4 Å². The fourth-order valence-corrected chi connectivity index (χ4v) is 4.41. The fourth-order valence-electron chi connectivity index (χ4n) is 3.44. The third kappa shape index (κ3) is 4.61. The molecule has 3 aromatic rings. The van der Waals surface area contributed by atoms with Crippen LogP contribution in [0.4, 0.5) is 23.5 Å². The molecule has 1 fully saturated rings. The molecule has 1 saturated heterocycles. The minimum atomic E-state index is -4.56. The van der Waals surface area contributed by atoms with Crippen LogP contribution in [0.5, 0.6) is 0 Å². The van der Waals surface area contributed by atoms with E-state index in [2.05, 4.69) is 20.3 Å². The van der Waals surface area contributed by atoms with Crippen LogP contribution in [0.3, 0.4) is 0 Å². The summed E-state index contributed by atoms with van der Waals surface area (Å²) in [5.41, 5.74) is 0.551. The number of pyridine rings is 1. The molecule has 0 radical (unpaired) electrons. The molecule has 3 atom stereocenters. The number of likely N-dealkylation sites (tertiary alicyclic amines) is 1. The number of nitrogens with zero attached hydrogens (tertiary/aromatic N) is 4. The van der Waals surface area contributed by atoms with Crippen LogP contribution < -0.4 is 5.32 Å². The van der Waals surface area contributed by atoms with Crippen molar-refractivity contribution in [2.24, 2.45) is 0 Å². The van der Waals surface area contributed by atoms with Gasteiger partial charge in [-0.25, -0.2) is 14.4 Å². The molecule has 0 bridgehead atoms. The van der Waals surface area contributed by atoms with E-state index in [1.54, 1.807) is 11.8 Å². The first-order valence-corrected chi connectivity index (χ1v) is 10.3. The lowest BCUT2D eigenvalue weighted by atomic mass is 10.1. The van der Waals surface area contributed by atoms with E-state index < -0.39 is 35.2 Å². The number of anilines is 1. The molecule has 2 unspecified atom stereocenters. The first-order chi connectivity index (χ1) is 14.6. The van der Waals surface area contributed by atoms with Crippen LogP contribution in [-0.4, -0.2) is 49.3 Å². The Labute approximate surface area is 178 Å². The maximum Gasteiger partial charge on any atom is 0.425 e. The number of thiophene rings is 1. The van der Waals surface area contributed by atoms with E-state index in [0.717, 1.165) is 12.3 Å². The second-order valence-electron chi connectivity index (χ2n) is 7.37. The normalized spacial score (nSPS) is 19.6. The third-order valence-electron chi connectivity index (χ3n) is 5.03. The zero-order valence-corrected chi connectivity index (χ0v) is 17.1. The summed E-state index contributed by atoms with van der Waals surface area (Å²) >= 11 is 0.458. The SMILES string of the molecule is CC(Nc1nc(C(O)N2CC[C@H](O)C2)c2sc(C(F)(F)F)cc2n1)c1cncc(F)c1. The molecule has 12 heteroatoms. The van der Waals surface area contributed by atoms with Gasteiger partial charge in [-0.05, 0) is 31.0 Å². The van der Waals surface area contributed by atoms with Gasteiger partial charge in [0.1, 0.15) is 16.4 Å². The van der Waals surface area contributed by atoms with Gasteiger partial charge >= 0.3 is 6.18 Å². The summed E-state index contributed by atoms with van der Waals surface area (Å²) in [6.45, 7) is 2.25. The van der Waals surface area contributed by atoms with E-state index in [0.29, 0.717) is 29.9 Å². The molecule has 0 saturated carbocycles. The van der Waals surface area contributed by atoms with Crippen molar-refractivity contribution >= 4 is 27.5 Å². The van der Waals surface area contributed by atoms with Crippen LogP contribution in [0.25, 0.3) is 10.2 Å². The molecule has 3 aromatic heterocycles. The number of hydrogen-bond donors (Lipinski definition) is 3. The smallest absolute Gasteiger partial charge is 0.392 e. The molecule has 1 aliphatic heterocycles. The highest BCUT2D eigenvalue weighted by atomic mass is 32.1. The van der Waals surface area contributed by atoms with Gasteiger partial charge in [-0.3, -0.25) is 9.88 Å². The monoisotopic (exact) mass is 457 g/mol. The molecular formula is C19H19F4N5O2S. The average Bonchev–Trinajstić information content (AvgIpc) is 3.33. The van der Waals surface area contributed by atoms with Gasteiger partial charge < -0.3 is 15.5 Å². The van der Waals surface area contributed by atoms with Gasteiger partial charge in [-0.2, -0.15) is 13.2 Å². The highest BCUT2D eigenvalue weighted by molar-refractivity contribution is 7.19. The number of alkyl halides is 3. The number of hydrogen-bond acceptors (Lipinski definition) is 8. The number of fused-ring (bicyclic) bond motifs is 1. The summed E-state index contributed by atoms with van der Waals surface area (Å²) < 4.78 is 53.4. The molecule has 4 rings (SSSR count). The molecular weight excluding hydrogens is 438 g/mol.